The van der Waals surface area contributed by atoms with Crippen molar-refractivity contribution < 1.29 is 19.2 Å². The summed E-state index contributed by atoms with van der Waals surface area (Å²) in [4.78, 5) is 35.9. The molecule has 0 unspecified atom stereocenters. The first-order chi connectivity index (χ1) is 12.4. The molecule has 1 amide bonds. The Hall–Kier alpha value is -3.42. The van der Waals surface area contributed by atoms with E-state index in [2.05, 4.69) is 5.32 Å². The van der Waals surface area contributed by atoms with Crippen molar-refractivity contribution in [2.75, 3.05) is 29.9 Å². The van der Waals surface area contributed by atoms with E-state index in [0.29, 0.717) is 35.8 Å². The topological polar surface area (TPSA) is 102 Å². The second-order valence-electron chi connectivity index (χ2n) is 5.86. The van der Waals surface area contributed by atoms with Gasteiger partial charge in [-0.1, -0.05) is 0 Å². The van der Waals surface area contributed by atoms with Gasteiger partial charge in [0.2, 0.25) is 5.91 Å². The molecule has 0 aliphatic carbocycles. The monoisotopic (exact) mass is 355 g/mol. The maximum atomic E-state index is 12.3. The van der Waals surface area contributed by atoms with Crippen LogP contribution in [0.15, 0.2) is 42.5 Å². The summed E-state index contributed by atoms with van der Waals surface area (Å²) in [5, 5.41) is 13.4. The minimum absolute atomic E-state index is 0.0399. The van der Waals surface area contributed by atoms with Crippen molar-refractivity contribution in [2.45, 2.75) is 6.92 Å². The van der Waals surface area contributed by atoms with Gasteiger partial charge in [-0.2, -0.15) is 0 Å². The largest absolute Gasteiger partial charge is 0.490 e. The van der Waals surface area contributed by atoms with E-state index in [1.54, 1.807) is 18.2 Å². The summed E-state index contributed by atoms with van der Waals surface area (Å²) in [5.74, 6) is 0.304. The molecule has 0 saturated carbocycles. The number of ketones is 1. The molecule has 0 saturated heterocycles. The molecule has 1 aliphatic rings. The van der Waals surface area contributed by atoms with E-state index >= 15 is 0 Å². The molecule has 8 heteroatoms. The average molecular weight is 355 g/mol. The highest BCUT2D eigenvalue weighted by molar-refractivity contribution is 5.97. The SMILES string of the molecule is CC(=O)c1ccc2c(c1)N(CC(=O)Nc1ccc([N+](=O)[O-])cc1)CCO2. The summed E-state index contributed by atoms with van der Waals surface area (Å²) in [5.41, 5.74) is 1.69. The average Bonchev–Trinajstić information content (AvgIpc) is 2.62. The zero-order chi connectivity index (χ0) is 18.7. The number of carbonyl (C=O) groups is 2. The van der Waals surface area contributed by atoms with E-state index in [9.17, 15) is 19.7 Å². The van der Waals surface area contributed by atoms with Gasteiger partial charge in [0, 0.05) is 23.4 Å². The van der Waals surface area contributed by atoms with Gasteiger partial charge in [-0.25, -0.2) is 0 Å². The first-order valence-electron chi connectivity index (χ1n) is 8.01. The number of benzene rings is 2. The molecule has 1 N–H and O–H groups in total. The Labute approximate surface area is 149 Å². The number of hydrogen-bond acceptors (Lipinski definition) is 6. The van der Waals surface area contributed by atoms with Gasteiger partial charge in [0.1, 0.15) is 12.4 Å². The maximum absolute atomic E-state index is 12.3. The minimum atomic E-state index is -0.497. The van der Waals surface area contributed by atoms with Gasteiger partial charge in [0.05, 0.1) is 23.7 Å². The molecule has 0 spiro atoms. The Bertz CT molecular complexity index is 864. The first-order valence-corrected chi connectivity index (χ1v) is 8.01. The number of nitro groups is 1. The first kappa shape index (κ1) is 17.4. The van der Waals surface area contributed by atoms with Gasteiger partial charge < -0.3 is 15.0 Å². The van der Waals surface area contributed by atoms with Crippen LogP contribution in [0.5, 0.6) is 5.75 Å². The quantitative estimate of drug-likeness (QED) is 0.502. The molecule has 2 aromatic rings. The number of rotatable bonds is 5. The van der Waals surface area contributed by atoms with Crippen molar-refractivity contribution in [3.63, 3.8) is 0 Å². The van der Waals surface area contributed by atoms with Crippen molar-refractivity contribution in [3.05, 3.63) is 58.1 Å². The van der Waals surface area contributed by atoms with Gasteiger partial charge >= 0.3 is 0 Å². The van der Waals surface area contributed by atoms with Crippen molar-refractivity contribution in [1.29, 1.82) is 0 Å². The van der Waals surface area contributed by atoms with Crippen LogP contribution in [0.25, 0.3) is 0 Å². The van der Waals surface area contributed by atoms with Crippen molar-refractivity contribution in [2.24, 2.45) is 0 Å². The van der Waals surface area contributed by atoms with Gasteiger partial charge in [0.25, 0.3) is 5.69 Å². The number of carbonyl (C=O) groups excluding carboxylic acids is 2. The summed E-state index contributed by atoms with van der Waals surface area (Å²) >= 11 is 0. The maximum Gasteiger partial charge on any atom is 0.269 e. The zero-order valence-corrected chi connectivity index (χ0v) is 14.1. The lowest BCUT2D eigenvalue weighted by Gasteiger charge is -2.31. The van der Waals surface area contributed by atoms with Crippen LogP contribution in [0.2, 0.25) is 0 Å². The number of anilines is 2. The lowest BCUT2D eigenvalue weighted by Crippen LogP contribution is -2.38. The van der Waals surface area contributed by atoms with Gasteiger partial charge in [-0.15, -0.1) is 0 Å². The van der Waals surface area contributed by atoms with E-state index in [-0.39, 0.29) is 23.9 Å². The molecule has 0 atom stereocenters. The number of Topliss-reactive ketones (excluding diaryl/α,β-unsaturated/α-hetero) is 1. The van der Waals surface area contributed by atoms with Crippen LogP contribution >= 0.6 is 0 Å². The second-order valence-corrected chi connectivity index (χ2v) is 5.86. The predicted molar refractivity (Wildman–Crippen MR) is 95.9 cm³/mol. The fourth-order valence-electron chi connectivity index (χ4n) is 2.70. The van der Waals surface area contributed by atoms with Gasteiger partial charge in [-0.3, -0.25) is 19.7 Å². The molecule has 134 valence electrons. The Balaban J connectivity index is 1.71. The Kier molecular flexibility index (Phi) is 4.83. The van der Waals surface area contributed by atoms with Crippen LogP contribution in [0.4, 0.5) is 17.1 Å². The molecule has 1 heterocycles. The predicted octanol–water partition coefficient (Wildman–Crippen LogP) is 2.63. The third-order valence-corrected chi connectivity index (χ3v) is 4.02. The molecular weight excluding hydrogens is 338 g/mol. The lowest BCUT2D eigenvalue weighted by molar-refractivity contribution is -0.384. The van der Waals surface area contributed by atoms with Crippen LogP contribution in [-0.4, -0.2) is 36.3 Å². The fraction of sp³-hybridized carbons (Fsp3) is 0.222. The highest BCUT2D eigenvalue weighted by Crippen LogP contribution is 2.32. The van der Waals surface area contributed by atoms with Crippen molar-refractivity contribution in [3.8, 4) is 5.75 Å². The van der Waals surface area contributed by atoms with Crippen LogP contribution in [0, 0.1) is 10.1 Å². The highest BCUT2D eigenvalue weighted by Gasteiger charge is 2.21. The molecule has 2 aromatic carbocycles. The number of amides is 1. The third kappa shape index (κ3) is 3.80. The zero-order valence-electron chi connectivity index (χ0n) is 14.1. The summed E-state index contributed by atoms with van der Waals surface area (Å²) < 4.78 is 5.58. The van der Waals surface area contributed by atoms with Crippen molar-refractivity contribution >= 4 is 28.8 Å². The van der Waals surface area contributed by atoms with Crippen LogP contribution in [0.1, 0.15) is 17.3 Å². The number of nitrogens with one attached hydrogen (secondary N) is 1. The van der Waals surface area contributed by atoms with E-state index in [1.165, 1.54) is 31.2 Å². The second kappa shape index (κ2) is 7.22. The number of nitro benzene ring substituents is 1. The highest BCUT2D eigenvalue weighted by atomic mass is 16.6. The number of nitrogens with zero attached hydrogens (tertiary/aromatic N) is 2. The third-order valence-electron chi connectivity index (χ3n) is 4.02. The van der Waals surface area contributed by atoms with E-state index in [0.717, 1.165) is 0 Å². The Morgan fingerprint density at radius 1 is 1.23 bits per heavy atom. The Morgan fingerprint density at radius 3 is 2.62 bits per heavy atom. The number of fused-ring (bicyclic) bond motifs is 1. The Morgan fingerprint density at radius 2 is 1.96 bits per heavy atom. The summed E-state index contributed by atoms with van der Waals surface area (Å²) in [6.07, 6.45) is 0. The number of ether oxygens (including phenoxy) is 1. The smallest absolute Gasteiger partial charge is 0.269 e. The summed E-state index contributed by atoms with van der Waals surface area (Å²) in [7, 11) is 0. The minimum Gasteiger partial charge on any atom is -0.490 e. The fourth-order valence-corrected chi connectivity index (χ4v) is 2.70. The van der Waals surface area contributed by atoms with Crippen molar-refractivity contribution in [1.82, 2.24) is 0 Å². The van der Waals surface area contributed by atoms with E-state index in [4.69, 9.17) is 4.74 Å². The normalized spacial score (nSPS) is 12.7. The van der Waals surface area contributed by atoms with E-state index < -0.39 is 4.92 Å². The van der Waals surface area contributed by atoms with Crippen LogP contribution < -0.4 is 15.0 Å². The molecule has 3 rings (SSSR count). The molecule has 0 aromatic heterocycles. The summed E-state index contributed by atoms with van der Waals surface area (Å²) in [6.45, 7) is 2.52. The van der Waals surface area contributed by atoms with Gasteiger partial charge in [-0.05, 0) is 37.3 Å². The number of non-ortho nitro benzene ring substituents is 1. The standard InChI is InChI=1S/C18H17N3O5/c1-12(22)13-2-7-17-16(10-13)20(8-9-26-17)11-18(23)19-14-3-5-15(6-4-14)21(24)25/h2-7,10H,8-9,11H2,1H3,(H,19,23). The van der Waals surface area contributed by atoms with E-state index in [1.807, 2.05) is 4.90 Å². The number of hydrogen-bond donors (Lipinski definition) is 1. The van der Waals surface area contributed by atoms with Crippen LogP contribution in [0.3, 0.4) is 0 Å². The molecule has 1 aliphatic heterocycles. The van der Waals surface area contributed by atoms with Crippen LogP contribution in [-0.2, 0) is 4.79 Å². The molecule has 26 heavy (non-hydrogen) atoms. The molecule has 0 bridgehead atoms. The molecule has 8 nitrogen and oxygen atoms in total. The molecule has 0 fully saturated rings. The lowest BCUT2D eigenvalue weighted by atomic mass is 10.1. The molecular formula is C18H17N3O5. The van der Waals surface area contributed by atoms with Gasteiger partial charge in [0.15, 0.2) is 5.78 Å². The summed E-state index contributed by atoms with van der Waals surface area (Å²) in [6, 6.07) is 10.8. The molecule has 0 radical (unpaired) electrons.